The van der Waals surface area contributed by atoms with Crippen LogP contribution >= 0.6 is 0 Å². The molecule has 1 aliphatic carbocycles. The molecule has 1 saturated heterocycles. The van der Waals surface area contributed by atoms with Crippen molar-refractivity contribution < 1.29 is 4.74 Å². The Morgan fingerprint density at radius 1 is 1.14 bits per heavy atom. The van der Waals surface area contributed by atoms with Gasteiger partial charge in [-0.2, -0.15) is 0 Å². The number of nitrogens with zero attached hydrogens (tertiary/aromatic N) is 1. The van der Waals surface area contributed by atoms with Crippen LogP contribution in [0.15, 0.2) is 0 Å². The molecule has 0 aromatic heterocycles. The highest BCUT2D eigenvalue weighted by molar-refractivity contribution is 4.87. The Balaban J connectivity index is 1.81. The van der Waals surface area contributed by atoms with Crippen molar-refractivity contribution >= 4 is 0 Å². The van der Waals surface area contributed by atoms with Crippen LogP contribution < -0.4 is 5.32 Å². The van der Waals surface area contributed by atoms with Crippen molar-refractivity contribution in [2.45, 2.75) is 58.3 Å². The summed E-state index contributed by atoms with van der Waals surface area (Å²) in [5, 5.41) is 3.67. The molecule has 2 rings (SSSR count). The van der Waals surface area contributed by atoms with Crippen molar-refractivity contribution in [1.29, 1.82) is 0 Å². The van der Waals surface area contributed by atoms with Gasteiger partial charge in [-0.15, -0.1) is 0 Å². The van der Waals surface area contributed by atoms with Crippen molar-refractivity contribution in [1.82, 2.24) is 10.2 Å². The zero-order valence-electron chi connectivity index (χ0n) is 14.3. The van der Waals surface area contributed by atoms with Gasteiger partial charge in [0.25, 0.3) is 0 Å². The Morgan fingerprint density at radius 2 is 1.86 bits per heavy atom. The van der Waals surface area contributed by atoms with Crippen LogP contribution in [0.3, 0.4) is 0 Å². The Labute approximate surface area is 131 Å². The molecule has 1 heterocycles. The van der Waals surface area contributed by atoms with Crippen LogP contribution in [-0.2, 0) is 4.74 Å². The third-order valence-electron chi connectivity index (χ3n) is 5.38. The first-order chi connectivity index (χ1) is 10.2. The quantitative estimate of drug-likeness (QED) is 0.696. The molecular formula is C18H36N2O. The van der Waals surface area contributed by atoms with Gasteiger partial charge in [0.1, 0.15) is 0 Å². The predicted octanol–water partition coefficient (Wildman–Crippen LogP) is 3.29. The molecule has 21 heavy (non-hydrogen) atoms. The minimum atomic E-state index is 0.441. The molecular weight excluding hydrogens is 260 g/mol. The van der Waals surface area contributed by atoms with Gasteiger partial charge in [0.2, 0.25) is 0 Å². The van der Waals surface area contributed by atoms with Crippen LogP contribution in [0.25, 0.3) is 0 Å². The third-order valence-corrected chi connectivity index (χ3v) is 5.38. The molecule has 2 aliphatic rings. The minimum absolute atomic E-state index is 0.441. The second-order valence-electron chi connectivity index (χ2n) is 7.49. The van der Waals surface area contributed by atoms with Crippen LogP contribution in [-0.4, -0.2) is 51.3 Å². The summed E-state index contributed by atoms with van der Waals surface area (Å²) in [6, 6.07) is 0. The summed E-state index contributed by atoms with van der Waals surface area (Å²) in [4.78, 5) is 2.62. The van der Waals surface area contributed by atoms with E-state index in [1.807, 2.05) is 0 Å². The average molecular weight is 296 g/mol. The van der Waals surface area contributed by atoms with E-state index in [0.717, 1.165) is 25.7 Å². The zero-order valence-corrected chi connectivity index (χ0v) is 14.3. The van der Waals surface area contributed by atoms with E-state index < -0.39 is 0 Å². The van der Waals surface area contributed by atoms with E-state index in [1.165, 1.54) is 71.0 Å². The van der Waals surface area contributed by atoms with E-state index in [2.05, 4.69) is 24.2 Å². The van der Waals surface area contributed by atoms with Gasteiger partial charge in [-0.05, 0) is 57.0 Å². The van der Waals surface area contributed by atoms with Gasteiger partial charge in [0.15, 0.2) is 0 Å². The van der Waals surface area contributed by atoms with Crippen molar-refractivity contribution in [3.63, 3.8) is 0 Å². The number of rotatable bonds is 8. The van der Waals surface area contributed by atoms with Crippen molar-refractivity contribution in [2.75, 3.05) is 46.4 Å². The maximum Gasteiger partial charge on any atom is 0.0472 e. The van der Waals surface area contributed by atoms with Crippen LogP contribution in [0.5, 0.6) is 0 Å². The molecule has 0 unspecified atom stereocenters. The summed E-state index contributed by atoms with van der Waals surface area (Å²) in [6.45, 7) is 9.00. The molecule has 124 valence electrons. The highest BCUT2D eigenvalue weighted by Gasteiger charge is 2.33. The Morgan fingerprint density at radius 3 is 2.52 bits per heavy atom. The number of ether oxygens (including phenoxy) is 1. The normalized spacial score (nSPS) is 23.6. The maximum absolute atomic E-state index is 5.62. The van der Waals surface area contributed by atoms with Gasteiger partial charge in [-0.25, -0.2) is 0 Å². The first kappa shape index (κ1) is 17.2. The Hall–Kier alpha value is -0.120. The fourth-order valence-electron chi connectivity index (χ4n) is 4.17. The molecule has 0 radical (unpaired) electrons. The average Bonchev–Trinajstić information content (AvgIpc) is 2.49. The molecule has 0 aromatic rings. The smallest absolute Gasteiger partial charge is 0.0472 e. The SMILES string of the molecule is CCCNCC1(CN(C)CC2CCCCC2)CCOCC1. The second-order valence-corrected chi connectivity index (χ2v) is 7.49. The lowest BCUT2D eigenvalue weighted by Crippen LogP contribution is -2.47. The van der Waals surface area contributed by atoms with Gasteiger partial charge in [0, 0.05) is 32.8 Å². The largest absolute Gasteiger partial charge is 0.381 e. The van der Waals surface area contributed by atoms with Gasteiger partial charge < -0.3 is 15.0 Å². The van der Waals surface area contributed by atoms with Gasteiger partial charge in [-0.1, -0.05) is 26.2 Å². The van der Waals surface area contributed by atoms with Crippen molar-refractivity contribution in [3.8, 4) is 0 Å². The van der Waals surface area contributed by atoms with Crippen LogP contribution in [0.4, 0.5) is 0 Å². The molecule has 0 amide bonds. The molecule has 1 aliphatic heterocycles. The van der Waals surface area contributed by atoms with E-state index in [0.29, 0.717) is 5.41 Å². The molecule has 0 aromatic carbocycles. The van der Waals surface area contributed by atoms with E-state index in [-0.39, 0.29) is 0 Å². The molecule has 3 nitrogen and oxygen atoms in total. The molecule has 0 atom stereocenters. The number of hydrogen-bond acceptors (Lipinski definition) is 3. The summed E-state index contributed by atoms with van der Waals surface area (Å²) < 4.78 is 5.62. The Kier molecular flexibility index (Phi) is 7.48. The highest BCUT2D eigenvalue weighted by Crippen LogP contribution is 2.32. The van der Waals surface area contributed by atoms with E-state index >= 15 is 0 Å². The summed E-state index contributed by atoms with van der Waals surface area (Å²) >= 11 is 0. The Bertz CT molecular complexity index is 270. The van der Waals surface area contributed by atoms with Crippen LogP contribution in [0.2, 0.25) is 0 Å². The highest BCUT2D eigenvalue weighted by atomic mass is 16.5. The van der Waals surface area contributed by atoms with E-state index in [9.17, 15) is 0 Å². The van der Waals surface area contributed by atoms with Crippen LogP contribution in [0, 0.1) is 11.3 Å². The maximum atomic E-state index is 5.62. The van der Waals surface area contributed by atoms with E-state index in [1.54, 1.807) is 0 Å². The lowest BCUT2D eigenvalue weighted by Gasteiger charge is -2.41. The molecule has 0 bridgehead atoms. The molecule has 0 spiro atoms. The summed E-state index contributed by atoms with van der Waals surface area (Å²) in [6.07, 6.45) is 10.9. The van der Waals surface area contributed by atoms with Gasteiger partial charge in [0.05, 0.1) is 0 Å². The van der Waals surface area contributed by atoms with Crippen molar-refractivity contribution in [2.24, 2.45) is 11.3 Å². The predicted molar refractivity (Wildman–Crippen MR) is 89.7 cm³/mol. The van der Waals surface area contributed by atoms with E-state index in [4.69, 9.17) is 4.74 Å². The number of hydrogen-bond donors (Lipinski definition) is 1. The second kappa shape index (κ2) is 9.12. The first-order valence-corrected chi connectivity index (χ1v) is 9.21. The topological polar surface area (TPSA) is 24.5 Å². The first-order valence-electron chi connectivity index (χ1n) is 9.21. The summed E-state index contributed by atoms with van der Waals surface area (Å²) in [7, 11) is 2.34. The lowest BCUT2D eigenvalue weighted by atomic mass is 9.79. The van der Waals surface area contributed by atoms with Gasteiger partial charge in [-0.3, -0.25) is 0 Å². The molecule has 1 saturated carbocycles. The minimum Gasteiger partial charge on any atom is -0.381 e. The third kappa shape index (κ3) is 5.88. The summed E-state index contributed by atoms with van der Waals surface area (Å²) in [5.74, 6) is 0.948. The summed E-state index contributed by atoms with van der Waals surface area (Å²) in [5.41, 5.74) is 0.441. The standard InChI is InChI=1S/C18H36N2O/c1-3-11-19-15-18(9-12-21-13-10-18)16-20(2)14-17-7-5-4-6-8-17/h17,19H,3-16H2,1-2H3. The fourth-order valence-corrected chi connectivity index (χ4v) is 4.17. The molecule has 3 heteroatoms. The molecule has 1 N–H and O–H groups in total. The zero-order chi connectivity index (χ0) is 15.0. The lowest BCUT2D eigenvalue weighted by molar-refractivity contribution is -0.00301. The molecule has 2 fully saturated rings. The van der Waals surface area contributed by atoms with Crippen molar-refractivity contribution in [3.05, 3.63) is 0 Å². The fraction of sp³-hybridized carbons (Fsp3) is 1.00. The monoisotopic (exact) mass is 296 g/mol. The van der Waals surface area contributed by atoms with Crippen LogP contribution in [0.1, 0.15) is 58.3 Å². The van der Waals surface area contributed by atoms with Gasteiger partial charge >= 0.3 is 0 Å². The number of nitrogens with one attached hydrogen (secondary N) is 1.